The van der Waals surface area contributed by atoms with E-state index in [1.165, 1.54) is 0 Å². The average Bonchev–Trinajstić information content (AvgIpc) is 2.25. The molecule has 0 atom stereocenters. The fourth-order valence-corrected chi connectivity index (χ4v) is 2.42. The van der Waals surface area contributed by atoms with Gasteiger partial charge in [-0.1, -0.05) is 38.1 Å². The minimum Gasteiger partial charge on any atom is -0.512 e. The van der Waals surface area contributed by atoms with Crippen molar-refractivity contribution in [1.82, 2.24) is 4.98 Å². The van der Waals surface area contributed by atoms with Crippen LogP contribution in [-0.4, -0.2) is 10.1 Å². The highest BCUT2D eigenvalue weighted by Gasteiger charge is 2.21. The second kappa shape index (κ2) is 3.33. The maximum atomic E-state index is 10.1. The summed E-state index contributed by atoms with van der Waals surface area (Å²) < 4.78 is 0. The van der Waals surface area contributed by atoms with Crippen LogP contribution in [0.25, 0.3) is 22.7 Å². The Hall–Kier alpha value is -1.83. The lowest BCUT2D eigenvalue weighted by atomic mass is 9.84. The molecule has 0 saturated carbocycles. The first-order valence-electron chi connectivity index (χ1n) is 5.86. The number of aliphatic hydroxyl groups is 1. The molecule has 17 heavy (non-hydrogen) atoms. The fourth-order valence-electron chi connectivity index (χ4n) is 2.42. The molecule has 1 aromatic heterocycles. The smallest absolute Gasteiger partial charge is 0.102 e. The van der Waals surface area contributed by atoms with Gasteiger partial charge < -0.3 is 5.11 Å². The van der Waals surface area contributed by atoms with Crippen LogP contribution in [0.5, 0.6) is 0 Å². The van der Waals surface area contributed by atoms with Crippen LogP contribution in [0.4, 0.5) is 0 Å². The minimum atomic E-state index is -0.0213. The van der Waals surface area contributed by atoms with Crippen LogP contribution in [0.1, 0.15) is 20.3 Å². The molecule has 3 rings (SSSR count). The number of nitrogens with zero attached hydrogens (tertiary/aromatic N) is 1. The maximum Gasteiger partial charge on any atom is 0.102 e. The van der Waals surface area contributed by atoms with Crippen molar-refractivity contribution in [1.29, 1.82) is 0 Å². The maximum absolute atomic E-state index is 10.1. The van der Waals surface area contributed by atoms with E-state index in [0.29, 0.717) is 12.2 Å². The van der Waals surface area contributed by atoms with Crippen molar-refractivity contribution in [3.63, 3.8) is 0 Å². The van der Waals surface area contributed by atoms with E-state index in [1.54, 1.807) is 0 Å². The number of benzene rings is 1. The second-order valence-electron chi connectivity index (χ2n) is 5.37. The molecular formula is C15H15NO. The van der Waals surface area contributed by atoms with E-state index in [1.807, 2.05) is 30.3 Å². The molecule has 1 aromatic carbocycles. The molecule has 2 heteroatoms. The van der Waals surface area contributed by atoms with Crippen LogP contribution in [0.15, 0.2) is 30.3 Å². The number of para-hydroxylation sites is 1. The van der Waals surface area contributed by atoms with Crippen molar-refractivity contribution >= 4 is 22.7 Å². The van der Waals surface area contributed by atoms with Crippen LogP contribution in [0.2, 0.25) is 0 Å². The topological polar surface area (TPSA) is 33.1 Å². The van der Waals surface area contributed by atoms with Gasteiger partial charge in [0, 0.05) is 17.0 Å². The van der Waals surface area contributed by atoms with E-state index in [9.17, 15) is 5.11 Å². The van der Waals surface area contributed by atoms with Gasteiger partial charge in [0.25, 0.3) is 0 Å². The van der Waals surface area contributed by atoms with E-state index in [4.69, 9.17) is 0 Å². The lowest BCUT2D eigenvalue weighted by Gasteiger charge is -2.22. The summed E-state index contributed by atoms with van der Waals surface area (Å²) in [5, 5.41) is 13.0. The summed E-state index contributed by atoms with van der Waals surface area (Å²) in [4.78, 5) is 4.63. The monoisotopic (exact) mass is 225 g/mol. The van der Waals surface area contributed by atoms with Gasteiger partial charge in [0.1, 0.15) is 5.76 Å². The van der Waals surface area contributed by atoms with E-state index in [-0.39, 0.29) is 5.41 Å². The molecule has 0 saturated heterocycles. The SMILES string of the molecule is CC1(C)C=c2nc3ccccc3cc2=C(O)C1. The number of rotatable bonds is 0. The normalized spacial score (nSPS) is 17.6. The van der Waals surface area contributed by atoms with Gasteiger partial charge in [-0.15, -0.1) is 0 Å². The molecule has 0 radical (unpaired) electrons. The van der Waals surface area contributed by atoms with Gasteiger partial charge in [-0.3, -0.25) is 0 Å². The number of pyridine rings is 1. The summed E-state index contributed by atoms with van der Waals surface area (Å²) in [6, 6.07) is 10.0. The fraction of sp³-hybridized carbons (Fsp3) is 0.267. The van der Waals surface area contributed by atoms with Crippen LogP contribution in [-0.2, 0) is 0 Å². The summed E-state index contributed by atoms with van der Waals surface area (Å²) in [7, 11) is 0. The van der Waals surface area contributed by atoms with Crippen molar-refractivity contribution in [3.05, 3.63) is 40.9 Å². The van der Waals surface area contributed by atoms with Gasteiger partial charge in [0.2, 0.25) is 0 Å². The Morgan fingerprint density at radius 2 is 2.00 bits per heavy atom. The Morgan fingerprint density at radius 3 is 2.82 bits per heavy atom. The highest BCUT2D eigenvalue weighted by atomic mass is 16.3. The molecule has 0 spiro atoms. The number of hydrogen-bond acceptors (Lipinski definition) is 2. The zero-order chi connectivity index (χ0) is 12.0. The predicted molar refractivity (Wildman–Crippen MR) is 69.9 cm³/mol. The predicted octanol–water partition coefficient (Wildman–Crippen LogP) is 2.11. The quantitative estimate of drug-likeness (QED) is 0.745. The van der Waals surface area contributed by atoms with Crippen LogP contribution in [0, 0.1) is 5.41 Å². The molecule has 0 unspecified atom stereocenters. The van der Waals surface area contributed by atoms with Gasteiger partial charge in [-0.05, 0) is 17.5 Å². The first kappa shape index (κ1) is 10.3. The Morgan fingerprint density at radius 1 is 1.24 bits per heavy atom. The molecule has 0 bridgehead atoms. The first-order chi connectivity index (χ1) is 8.05. The minimum absolute atomic E-state index is 0.0213. The van der Waals surface area contributed by atoms with Crippen molar-refractivity contribution in [3.8, 4) is 0 Å². The third-order valence-electron chi connectivity index (χ3n) is 3.21. The number of aliphatic hydroxyl groups excluding tert-OH is 1. The molecule has 0 amide bonds. The molecule has 0 aliphatic heterocycles. The zero-order valence-electron chi connectivity index (χ0n) is 10.1. The third kappa shape index (κ3) is 1.70. The van der Waals surface area contributed by atoms with Crippen molar-refractivity contribution in [2.24, 2.45) is 5.41 Å². The van der Waals surface area contributed by atoms with Crippen molar-refractivity contribution in [2.75, 3.05) is 0 Å². The Balaban J connectivity index is 2.47. The van der Waals surface area contributed by atoms with Gasteiger partial charge in [-0.2, -0.15) is 0 Å². The zero-order valence-corrected chi connectivity index (χ0v) is 10.1. The Bertz CT molecular complexity index is 713. The van der Waals surface area contributed by atoms with E-state index in [2.05, 4.69) is 24.9 Å². The van der Waals surface area contributed by atoms with Crippen LogP contribution < -0.4 is 10.6 Å². The summed E-state index contributed by atoms with van der Waals surface area (Å²) >= 11 is 0. The molecular weight excluding hydrogens is 210 g/mol. The van der Waals surface area contributed by atoms with Crippen LogP contribution in [0.3, 0.4) is 0 Å². The highest BCUT2D eigenvalue weighted by Crippen LogP contribution is 2.27. The molecule has 86 valence electrons. The van der Waals surface area contributed by atoms with Gasteiger partial charge in [0.15, 0.2) is 0 Å². The highest BCUT2D eigenvalue weighted by molar-refractivity contribution is 5.78. The lowest BCUT2D eigenvalue weighted by Crippen LogP contribution is -2.37. The lowest BCUT2D eigenvalue weighted by molar-refractivity contribution is 0.410. The van der Waals surface area contributed by atoms with E-state index < -0.39 is 0 Å². The van der Waals surface area contributed by atoms with E-state index >= 15 is 0 Å². The standard InChI is InChI=1S/C15H15NO/c1-15(2)8-13-11(14(17)9-15)7-10-5-3-4-6-12(10)16-13/h3-8,17H,9H2,1-2H3. The van der Waals surface area contributed by atoms with Gasteiger partial charge >= 0.3 is 0 Å². The summed E-state index contributed by atoms with van der Waals surface area (Å²) in [6.07, 6.45) is 2.83. The molecule has 1 N–H and O–H groups in total. The number of aromatic nitrogens is 1. The molecule has 1 heterocycles. The number of fused-ring (bicyclic) bond motifs is 2. The first-order valence-corrected chi connectivity index (χ1v) is 5.86. The second-order valence-corrected chi connectivity index (χ2v) is 5.37. The summed E-state index contributed by atoms with van der Waals surface area (Å²) in [5.74, 6) is 0.450. The van der Waals surface area contributed by atoms with Crippen molar-refractivity contribution < 1.29 is 5.11 Å². The largest absolute Gasteiger partial charge is 0.512 e. The number of hydrogen-bond donors (Lipinski definition) is 1. The molecule has 1 aliphatic rings. The molecule has 2 nitrogen and oxygen atoms in total. The summed E-state index contributed by atoms with van der Waals surface area (Å²) in [6.45, 7) is 4.23. The Kier molecular flexibility index (Phi) is 2.02. The third-order valence-corrected chi connectivity index (χ3v) is 3.21. The molecule has 1 aliphatic carbocycles. The average molecular weight is 225 g/mol. The van der Waals surface area contributed by atoms with Crippen molar-refractivity contribution in [2.45, 2.75) is 20.3 Å². The summed E-state index contributed by atoms with van der Waals surface area (Å²) in [5.41, 5.74) is 0.958. The van der Waals surface area contributed by atoms with E-state index in [0.717, 1.165) is 21.5 Å². The Labute approximate surface area is 99.9 Å². The molecule has 0 fully saturated rings. The van der Waals surface area contributed by atoms with Crippen LogP contribution >= 0.6 is 0 Å². The molecule has 2 aromatic rings. The van der Waals surface area contributed by atoms with Gasteiger partial charge in [0.05, 0.1) is 10.9 Å². The van der Waals surface area contributed by atoms with Gasteiger partial charge in [-0.25, -0.2) is 4.98 Å².